The molecule has 0 aliphatic rings. The molecule has 4 heteroatoms. The lowest BCUT2D eigenvalue weighted by Crippen LogP contribution is -2.20. The summed E-state index contributed by atoms with van der Waals surface area (Å²) in [5.41, 5.74) is 8.29. The van der Waals surface area contributed by atoms with Crippen molar-refractivity contribution < 1.29 is 9.53 Å². The van der Waals surface area contributed by atoms with Crippen molar-refractivity contribution in [3.63, 3.8) is 0 Å². The van der Waals surface area contributed by atoms with Gasteiger partial charge in [0.1, 0.15) is 0 Å². The zero-order valence-corrected chi connectivity index (χ0v) is 12.4. The Labute approximate surface area is 129 Å². The Hall–Kier alpha value is -2.10. The standard InChI is InChI=1S/C17H16ClNO2/c1-21-17(20)15(11-12-5-3-2-4-6-12)16(19)13-7-9-14(18)10-8-13/h2-11,16H,19H2,1H3/b15-11-. The Balaban J connectivity index is 2.38. The van der Waals surface area contributed by atoms with Crippen LogP contribution in [0.3, 0.4) is 0 Å². The molecule has 3 nitrogen and oxygen atoms in total. The van der Waals surface area contributed by atoms with Crippen molar-refractivity contribution in [2.45, 2.75) is 6.04 Å². The lowest BCUT2D eigenvalue weighted by atomic mass is 9.97. The molecule has 2 rings (SSSR count). The van der Waals surface area contributed by atoms with Crippen LogP contribution in [0.25, 0.3) is 6.08 Å². The summed E-state index contributed by atoms with van der Waals surface area (Å²) in [7, 11) is 1.34. The third-order valence-electron chi connectivity index (χ3n) is 3.11. The molecule has 2 aromatic rings. The van der Waals surface area contributed by atoms with Gasteiger partial charge in [0.25, 0.3) is 0 Å². The highest BCUT2D eigenvalue weighted by atomic mass is 35.5. The summed E-state index contributed by atoms with van der Waals surface area (Å²) < 4.78 is 4.84. The first kappa shape index (κ1) is 15.3. The van der Waals surface area contributed by atoms with E-state index in [2.05, 4.69) is 0 Å². The molecular weight excluding hydrogens is 286 g/mol. The van der Waals surface area contributed by atoms with Gasteiger partial charge in [0, 0.05) is 5.02 Å². The first-order valence-electron chi connectivity index (χ1n) is 6.48. The van der Waals surface area contributed by atoms with E-state index >= 15 is 0 Å². The van der Waals surface area contributed by atoms with Crippen LogP contribution in [0, 0.1) is 0 Å². The van der Waals surface area contributed by atoms with Gasteiger partial charge < -0.3 is 10.5 Å². The molecule has 2 N–H and O–H groups in total. The summed E-state index contributed by atoms with van der Waals surface area (Å²) in [6.45, 7) is 0. The molecule has 108 valence electrons. The number of nitrogens with two attached hydrogens (primary N) is 1. The van der Waals surface area contributed by atoms with Gasteiger partial charge in [-0.25, -0.2) is 4.79 Å². The molecule has 0 aliphatic heterocycles. The molecular formula is C17H16ClNO2. The van der Waals surface area contributed by atoms with Crippen LogP contribution in [-0.4, -0.2) is 13.1 Å². The highest BCUT2D eigenvalue weighted by Crippen LogP contribution is 2.24. The lowest BCUT2D eigenvalue weighted by Gasteiger charge is -2.15. The first-order valence-corrected chi connectivity index (χ1v) is 6.85. The smallest absolute Gasteiger partial charge is 0.335 e. The number of methoxy groups -OCH3 is 1. The van der Waals surface area contributed by atoms with Gasteiger partial charge >= 0.3 is 5.97 Å². The molecule has 2 aromatic carbocycles. The molecule has 0 amide bonds. The number of hydrogen-bond acceptors (Lipinski definition) is 3. The molecule has 0 aliphatic carbocycles. The van der Waals surface area contributed by atoms with Gasteiger partial charge in [-0.2, -0.15) is 0 Å². The monoisotopic (exact) mass is 301 g/mol. The van der Waals surface area contributed by atoms with Crippen LogP contribution in [0.1, 0.15) is 17.2 Å². The highest BCUT2D eigenvalue weighted by Gasteiger charge is 2.19. The lowest BCUT2D eigenvalue weighted by molar-refractivity contribution is -0.136. The van der Waals surface area contributed by atoms with Gasteiger partial charge in [0.15, 0.2) is 0 Å². The Kier molecular flexibility index (Phi) is 5.14. The molecule has 0 radical (unpaired) electrons. The molecule has 0 aromatic heterocycles. The maximum absolute atomic E-state index is 12.0. The SMILES string of the molecule is COC(=O)/C(=C\c1ccccc1)C(N)c1ccc(Cl)cc1. The number of carbonyl (C=O) groups is 1. The third-order valence-corrected chi connectivity index (χ3v) is 3.36. The average molecular weight is 302 g/mol. The van der Waals surface area contributed by atoms with Gasteiger partial charge in [-0.15, -0.1) is 0 Å². The van der Waals surface area contributed by atoms with Gasteiger partial charge in [-0.3, -0.25) is 0 Å². The van der Waals surface area contributed by atoms with E-state index < -0.39 is 12.0 Å². The Morgan fingerprint density at radius 3 is 2.33 bits per heavy atom. The Morgan fingerprint density at radius 2 is 1.76 bits per heavy atom. The van der Waals surface area contributed by atoms with Crippen molar-refractivity contribution in [1.29, 1.82) is 0 Å². The number of carbonyl (C=O) groups excluding carboxylic acids is 1. The Morgan fingerprint density at radius 1 is 1.14 bits per heavy atom. The van der Waals surface area contributed by atoms with Crippen molar-refractivity contribution in [3.05, 3.63) is 76.3 Å². The zero-order valence-electron chi connectivity index (χ0n) is 11.6. The van der Waals surface area contributed by atoms with Crippen LogP contribution in [0.2, 0.25) is 5.02 Å². The van der Waals surface area contributed by atoms with E-state index in [4.69, 9.17) is 22.1 Å². The highest BCUT2D eigenvalue weighted by molar-refractivity contribution is 6.30. The molecule has 0 heterocycles. The van der Waals surface area contributed by atoms with Crippen molar-refractivity contribution in [1.82, 2.24) is 0 Å². The zero-order chi connectivity index (χ0) is 15.2. The second kappa shape index (κ2) is 7.07. The molecule has 0 saturated heterocycles. The molecule has 0 spiro atoms. The fourth-order valence-electron chi connectivity index (χ4n) is 1.97. The minimum atomic E-state index is -0.574. The van der Waals surface area contributed by atoms with E-state index in [-0.39, 0.29) is 0 Å². The number of hydrogen-bond donors (Lipinski definition) is 1. The molecule has 1 unspecified atom stereocenters. The van der Waals surface area contributed by atoms with Crippen LogP contribution in [0.4, 0.5) is 0 Å². The van der Waals surface area contributed by atoms with Gasteiger partial charge in [0.2, 0.25) is 0 Å². The normalized spacial score (nSPS) is 12.8. The van der Waals surface area contributed by atoms with E-state index in [9.17, 15) is 4.79 Å². The van der Waals surface area contributed by atoms with E-state index in [0.717, 1.165) is 11.1 Å². The number of benzene rings is 2. The van der Waals surface area contributed by atoms with Crippen molar-refractivity contribution in [3.8, 4) is 0 Å². The summed E-state index contributed by atoms with van der Waals surface area (Å²) >= 11 is 5.87. The Bertz CT molecular complexity index is 636. The number of ether oxygens (including phenoxy) is 1. The quantitative estimate of drug-likeness (QED) is 0.693. The fraction of sp³-hybridized carbons (Fsp3) is 0.118. The van der Waals surface area contributed by atoms with Crippen LogP contribution >= 0.6 is 11.6 Å². The predicted octanol–water partition coefficient (Wildman–Crippen LogP) is 3.60. The molecule has 21 heavy (non-hydrogen) atoms. The molecule has 0 saturated carbocycles. The first-order chi connectivity index (χ1) is 10.1. The molecule has 0 fully saturated rings. The van der Waals surface area contributed by atoms with Crippen LogP contribution in [0.15, 0.2) is 60.2 Å². The van der Waals surface area contributed by atoms with E-state index in [0.29, 0.717) is 10.6 Å². The topological polar surface area (TPSA) is 52.3 Å². The summed E-state index contributed by atoms with van der Waals surface area (Å²) in [5.74, 6) is -0.443. The van der Waals surface area contributed by atoms with Gasteiger partial charge in [-0.1, -0.05) is 54.1 Å². The van der Waals surface area contributed by atoms with Crippen molar-refractivity contribution in [2.24, 2.45) is 5.73 Å². The third kappa shape index (κ3) is 3.94. The molecule has 0 bridgehead atoms. The largest absolute Gasteiger partial charge is 0.466 e. The second-order valence-electron chi connectivity index (χ2n) is 4.53. The van der Waals surface area contributed by atoms with Crippen LogP contribution in [0.5, 0.6) is 0 Å². The average Bonchev–Trinajstić information content (AvgIpc) is 2.53. The van der Waals surface area contributed by atoms with E-state index in [1.54, 1.807) is 30.3 Å². The van der Waals surface area contributed by atoms with Crippen molar-refractivity contribution >= 4 is 23.6 Å². The second-order valence-corrected chi connectivity index (χ2v) is 4.97. The summed E-state index contributed by atoms with van der Waals surface area (Å²) in [6, 6.07) is 16.0. The van der Waals surface area contributed by atoms with Gasteiger partial charge in [0.05, 0.1) is 18.7 Å². The summed E-state index contributed by atoms with van der Waals surface area (Å²) in [4.78, 5) is 12.0. The predicted molar refractivity (Wildman–Crippen MR) is 84.8 cm³/mol. The minimum absolute atomic E-state index is 0.394. The maximum atomic E-state index is 12.0. The number of halogens is 1. The minimum Gasteiger partial charge on any atom is -0.466 e. The number of esters is 1. The fourth-order valence-corrected chi connectivity index (χ4v) is 2.10. The van der Waals surface area contributed by atoms with Crippen molar-refractivity contribution in [2.75, 3.05) is 7.11 Å². The summed E-state index contributed by atoms with van der Waals surface area (Å²) in [5, 5.41) is 0.623. The molecule has 1 atom stereocenters. The number of rotatable bonds is 4. The van der Waals surface area contributed by atoms with Crippen LogP contribution in [-0.2, 0) is 9.53 Å². The van der Waals surface area contributed by atoms with E-state index in [1.807, 2.05) is 30.3 Å². The maximum Gasteiger partial charge on any atom is 0.335 e. The van der Waals surface area contributed by atoms with Gasteiger partial charge in [-0.05, 0) is 29.3 Å². The summed E-state index contributed by atoms with van der Waals surface area (Å²) in [6.07, 6.45) is 1.74. The van der Waals surface area contributed by atoms with E-state index in [1.165, 1.54) is 7.11 Å². The van der Waals surface area contributed by atoms with Crippen LogP contribution < -0.4 is 5.73 Å².